The monoisotopic (exact) mass is 192 g/mol. The van der Waals surface area contributed by atoms with E-state index in [0.29, 0.717) is 6.54 Å². The summed E-state index contributed by atoms with van der Waals surface area (Å²) in [6.07, 6.45) is 1.82. The van der Waals surface area contributed by atoms with Gasteiger partial charge in [0.25, 0.3) is 0 Å². The van der Waals surface area contributed by atoms with Crippen molar-refractivity contribution in [2.75, 3.05) is 18.6 Å². The first kappa shape index (κ1) is 8.90. The molecule has 0 atom stereocenters. The van der Waals surface area contributed by atoms with Gasteiger partial charge in [-0.2, -0.15) is 0 Å². The quantitative estimate of drug-likeness (QED) is 0.676. The second-order valence-electron chi connectivity index (χ2n) is 3.03. The molecule has 4 nitrogen and oxygen atoms in total. The molecule has 0 radical (unpaired) electrons. The van der Waals surface area contributed by atoms with Crippen LogP contribution in [-0.2, 0) is 0 Å². The number of fused-ring (bicyclic) bond motifs is 1. The van der Waals surface area contributed by atoms with Gasteiger partial charge in [-0.15, -0.1) is 0 Å². The Hall–Kier alpha value is -1.68. The van der Waals surface area contributed by atoms with Gasteiger partial charge in [0.1, 0.15) is 5.75 Å². The smallest absolute Gasteiger partial charge is 0.125 e. The molecule has 0 unspecified atom stereocenters. The SMILES string of the molecule is OCCNn1ccc2c(O)cccc21. The molecule has 0 amide bonds. The fraction of sp³-hybridized carbons (Fsp3) is 0.200. The molecule has 14 heavy (non-hydrogen) atoms. The highest BCUT2D eigenvalue weighted by atomic mass is 16.3. The third-order valence-corrected chi connectivity index (χ3v) is 2.10. The van der Waals surface area contributed by atoms with Crippen molar-refractivity contribution in [1.29, 1.82) is 0 Å². The average Bonchev–Trinajstić information content (AvgIpc) is 2.60. The maximum absolute atomic E-state index is 9.52. The molecule has 0 aliphatic carbocycles. The van der Waals surface area contributed by atoms with E-state index < -0.39 is 0 Å². The molecule has 0 saturated carbocycles. The summed E-state index contributed by atoms with van der Waals surface area (Å²) in [5.74, 6) is 0.270. The number of phenolic OH excluding ortho intramolecular Hbond substituents is 1. The van der Waals surface area contributed by atoms with Crippen LogP contribution in [0.25, 0.3) is 10.9 Å². The van der Waals surface area contributed by atoms with E-state index in [-0.39, 0.29) is 12.4 Å². The summed E-state index contributed by atoms with van der Waals surface area (Å²) in [7, 11) is 0. The largest absolute Gasteiger partial charge is 0.507 e. The Morgan fingerprint density at radius 3 is 2.93 bits per heavy atom. The van der Waals surface area contributed by atoms with Crippen molar-refractivity contribution in [2.45, 2.75) is 0 Å². The molecule has 0 fully saturated rings. The molecule has 0 aliphatic rings. The lowest BCUT2D eigenvalue weighted by atomic mass is 10.2. The van der Waals surface area contributed by atoms with Gasteiger partial charge in [0.2, 0.25) is 0 Å². The van der Waals surface area contributed by atoms with E-state index in [9.17, 15) is 5.11 Å². The number of aromatic nitrogens is 1. The van der Waals surface area contributed by atoms with E-state index in [2.05, 4.69) is 5.43 Å². The van der Waals surface area contributed by atoms with Gasteiger partial charge in [0, 0.05) is 11.6 Å². The van der Waals surface area contributed by atoms with Crippen LogP contribution in [-0.4, -0.2) is 28.0 Å². The lowest BCUT2D eigenvalue weighted by molar-refractivity contribution is 0.307. The van der Waals surface area contributed by atoms with Crippen LogP contribution in [0.1, 0.15) is 0 Å². The zero-order chi connectivity index (χ0) is 9.97. The Labute approximate surface area is 81.4 Å². The van der Waals surface area contributed by atoms with Crippen molar-refractivity contribution in [3.63, 3.8) is 0 Å². The summed E-state index contributed by atoms with van der Waals surface area (Å²) in [5, 5.41) is 19.0. The fourth-order valence-electron chi connectivity index (χ4n) is 1.46. The number of aromatic hydroxyl groups is 1. The summed E-state index contributed by atoms with van der Waals surface area (Å²) in [5.41, 5.74) is 3.90. The van der Waals surface area contributed by atoms with Crippen molar-refractivity contribution >= 4 is 10.9 Å². The van der Waals surface area contributed by atoms with Gasteiger partial charge in [-0.25, -0.2) is 0 Å². The minimum absolute atomic E-state index is 0.0818. The van der Waals surface area contributed by atoms with Crippen LogP contribution in [0.5, 0.6) is 5.75 Å². The van der Waals surface area contributed by atoms with E-state index in [0.717, 1.165) is 10.9 Å². The van der Waals surface area contributed by atoms with Gasteiger partial charge in [-0.1, -0.05) is 6.07 Å². The predicted molar refractivity (Wildman–Crippen MR) is 54.9 cm³/mol. The van der Waals surface area contributed by atoms with Crippen LogP contribution in [0, 0.1) is 0 Å². The summed E-state index contributed by atoms with van der Waals surface area (Å²) in [6, 6.07) is 7.17. The summed E-state index contributed by atoms with van der Waals surface area (Å²) in [6.45, 7) is 0.567. The number of phenols is 1. The van der Waals surface area contributed by atoms with Crippen LogP contribution < -0.4 is 5.43 Å². The standard InChI is InChI=1S/C10H12N2O2/c13-7-5-11-12-6-4-8-9(12)2-1-3-10(8)14/h1-4,6,11,13-14H,5,7H2. The van der Waals surface area contributed by atoms with Crippen LogP contribution >= 0.6 is 0 Å². The number of aliphatic hydroxyl groups is 1. The highest BCUT2D eigenvalue weighted by molar-refractivity contribution is 5.86. The summed E-state index contributed by atoms with van der Waals surface area (Å²) >= 11 is 0. The maximum Gasteiger partial charge on any atom is 0.125 e. The molecular formula is C10H12N2O2. The Morgan fingerprint density at radius 2 is 2.14 bits per heavy atom. The zero-order valence-electron chi connectivity index (χ0n) is 7.64. The number of rotatable bonds is 3. The number of nitrogens with one attached hydrogen (secondary N) is 1. The predicted octanol–water partition coefficient (Wildman–Crippen LogP) is 0.883. The molecule has 0 aliphatic heterocycles. The van der Waals surface area contributed by atoms with E-state index in [1.165, 1.54) is 0 Å². The lowest BCUT2D eigenvalue weighted by Crippen LogP contribution is -2.16. The van der Waals surface area contributed by atoms with Crippen LogP contribution in [0.4, 0.5) is 0 Å². The molecule has 0 bridgehead atoms. The number of nitrogens with zero attached hydrogens (tertiary/aromatic N) is 1. The topological polar surface area (TPSA) is 57.4 Å². The summed E-state index contributed by atoms with van der Waals surface area (Å²) < 4.78 is 1.78. The number of aliphatic hydroxyl groups excluding tert-OH is 1. The molecule has 2 rings (SSSR count). The van der Waals surface area contributed by atoms with E-state index in [1.54, 1.807) is 16.8 Å². The van der Waals surface area contributed by atoms with E-state index in [1.807, 2.05) is 18.3 Å². The number of benzene rings is 1. The maximum atomic E-state index is 9.52. The Bertz CT molecular complexity index is 437. The Balaban J connectivity index is 2.42. The lowest BCUT2D eigenvalue weighted by Gasteiger charge is -2.07. The molecule has 0 saturated heterocycles. The molecule has 1 aromatic heterocycles. The fourth-order valence-corrected chi connectivity index (χ4v) is 1.46. The minimum atomic E-state index is 0.0818. The first-order chi connectivity index (χ1) is 6.83. The van der Waals surface area contributed by atoms with Crippen molar-refractivity contribution in [3.8, 4) is 5.75 Å². The van der Waals surface area contributed by atoms with Crippen molar-refractivity contribution in [1.82, 2.24) is 4.68 Å². The molecular weight excluding hydrogens is 180 g/mol. The highest BCUT2D eigenvalue weighted by Gasteiger charge is 2.02. The van der Waals surface area contributed by atoms with Crippen molar-refractivity contribution in [3.05, 3.63) is 30.5 Å². The first-order valence-electron chi connectivity index (χ1n) is 4.46. The first-order valence-corrected chi connectivity index (χ1v) is 4.46. The van der Waals surface area contributed by atoms with Crippen LogP contribution in [0.3, 0.4) is 0 Å². The average molecular weight is 192 g/mol. The third kappa shape index (κ3) is 1.40. The van der Waals surface area contributed by atoms with Crippen molar-refractivity contribution in [2.24, 2.45) is 0 Å². The molecule has 4 heteroatoms. The Kier molecular flexibility index (Phi) is 2.28. The highest BCUT2D eigenvalue weighted by Crippen LogP contribution is 2.24. The van der Waals surface area contributed by atoms with Crippen molar-refractivity contribution < 1.29 is 10.2 Å². The van der Waals surface area contributed by atoms with Crippen LogP contribution in [0.15, 0.2) is 30.5 Å². The second kappa shape index (κ2) is 3.59. The molecule has 1 aromatic carbocycles. The third-order valence-electron chi connectivity index (χ3n) is 2.10. The minimum Gasteiger partial charge on any atom is -0.507 e. The van der Waals surface area contributed by atoms with E-state index >= 15 is 0 Å². The van der Waals surface area contributed by atoms with E-state index in [4.69, 9.17) is 5.11 Å². The van der Waals surface area contributed by atoms with Gasteiger partial charge >= 0.3 is 0 Å². The molecule has 0 spiro atoms. The molecule has 74 valence electrons. The molecule has 3 N–H and O–H groups in total. The number of hydrogen-bond donors (Lipinski definition) is 3. The summed E-state index contributed by atoms with van der Waals surface area (Å²) in [4.78, 5) is 0. The van der Waals surface area contributed by atoms with Gasteiger partial charge in [-0.3, -0.25) is 4.68 Å². The molecule has 2 aromatic rings. The second-order valence-corrected chi connectivity index (χ2v) is 3.03. The normalized spacial score (nSPS) is 10.6. The molecule has 1 heterocycles. The van der Waals surface area contributed by atoms with Gasteiger partial charge in [0.15, 0.2) is 0 Å². The van der Waals surface area contributed by atoms with Gasteiger partial charge < -0.3 is 15.6 Å². The number of hydrogen-bond acceptors (Lipinski definition) is 3. The van der Waals surface area contributed by atoms with Gasteiger partial charge in [-0.05, 0) is 18.2 Å². The Morgan fingerprint density at radius 1 is 1.29 bits per heavy atom. The van der Waals surface area contributed by atoms with Gasteiger partial charge in [0.05, 0.1) is 18.7 Å². The van der Waals surface area contributed by atoms with Crippen LogP contribution in [0.2, 0.25) is 0 Å². The zero-order valence-corrected chi connectivity index (χ0v) is 7.64.